The van der Waals surface area contributed by atoms with Crippen molar-refractivity contribution in [3.05, 3.63) is 101 Å². The zero-order valence-corrected chi connectivity index (χ0v) is 20.2. The van der Waals surface area contributed by atoms with Crippen LogP contribution in [0.25, 0.3) is 0 Å². The number of hydrogen-bond acceptors (Lipinski definition) is 6. The lowest BCUT2D eigenvalue weighted by Crippen LogP contribution is -2.44. The molecule has 2 atom stereocenters. The molecule has 0 aliphatic heterocycles. The van der Waals surface area contributed by atoms with Crippen LogP contribution in [0.4, 0.5) is 4.79 Å². The molecular weight excluding hydrogens is 446 g/mol. The van der Waals surface area contributed by atoms with Gasteiger partial charge in [-0.15, -0.1) is 0 Å². The van der Waals surface area contributed by atoms with Crippen LogP contribution in [-0.4, -0.2) is 42.3 Å². The number of amides is 1. The van der Waals surface area contributed by atoms with Gasteiger partial charge >= 0.3 is 12.1 Å². The highest BCUT2D eigenvalue weighted by Crippen LogP contribution is 2.28. The fraction of sp³-hybridized carbons (Fsp3) is 0.286. The Balaban J connectivity index is 1.72. The normalized spacial score (nSPS) is 12.3. The maximum Gasteiger partial charge on any atom is 0.410 e. The SMILES string of the molecule is COC(=O)[C@H](Cc1ccc(OCc2ccccc2)c(C(C)O)c1)N(C)C(=O)OCc1ccccc1. The van der Waals surface area contributed by atoms with Gasteiger partial charge in [0.1, 0.15) is 25.0 Å². The van der Waals surface area contributed by atoms with Gasteiger partial charge in [0.25, 0.3) is 0 Å². The Morgan fingerprint density at radius 1 is 0.886 bits per heavy atom. The minimum absolute atomic E-state index is 0.0948. The molecule has 0 fully saturated rings. The number of methoxy groups -OCH3 is 1. The molecule has 0 heterocycles. The first-order valence-corrected chi connectivity index (χ1v) is 11.4. The number of aliphatic hydroxyl groups is 1. The molecule has 3 rings (SSSR count). The molecule has 0 saturated heterocycles. The third kappa shape index (κ3) is 7.32. The third-order valence-electron chi connectivity index (χ3n) is 5.62. The Hall–Kier alpha value is -3.84. The Bertz CT molecular complexity index is 1100. The molecule has 0 saturated carbocycles. The second-order valence-electron chi connectivity index (χ2n) is 8.22. The predicted octanol–water partition coefficient (Wildman–Crippen LogP) is 4.67. The van der Waals surface area contributed by atoms with Crippen LogP contribution in [0.5, 0.6) is 5.75 Å². The van der Waals surface area contributed by atoms with E-state index in [2.05, 4.69) is 0 Å². The average molecular weight is 478 g/mol. The van der Waals surface area contributed by atoms with Crippen LogP contribution < -0.4 is 4.74 Å². The number of rotatable bonds is 10. The van der Waals surface area contributed by atoms with Crippen LogP contribution in [0.2, 0.25) is 0 Å². The summed E-state index contributed by atoms with van der Waals surface area (Å²) in [6.45, 7) is 2.11. The Morgan fingerprint density at radius 3 is 2.06 bits per heavy atom. The van der Waals surface area contributed by atoms with Gasteiger partial charge in [-0.1, -0.05) is 66.7 Å². The van der Waals surface area contributed by atoms with Gasteiger partial charge in [0.2, 0.25) is 0 Å². The van der Waals surface area contributed by atoms with Gasteiger partial charge in [-0.25, -0.2) is 9.59 Å². The van der Waals surface area contributed by atoms with E-state index in [0.717, 1.165) is 16.7 Å². The van der Waals surface area contributed by atoms with Crippen LogP contribution in [0.1, 0.15) is 35.3 Å². The highest BCUT2D eigenvalue weighted by atomic mass is 16.6. The Labute approximate surface area is 205 Å². The maximum atomic E-state index is 12.7. The minimum Gasteiger partial charge on any atom is -0.489 e. The molecule has 1 amide bonds. The molecule has 0 aromatic heterocycles. The third-order valence-corrected chi connectivity index (χ3v) is 5.62. The monoisotopic (exact) mass is 477 g/mol. The molecule has 0 radical (unpaired) electrons. The van der Waals surface area contributed by atoms with Gasteiger partial charge < -0.3 is 19.3 Å². The molecule has 0 aliphatic rings. The van der Waals surface area contributed by atoms with E-state index in [9.17, 15) is 14.7 Å². The maximum absolute atomic E-state index is 12.7. The molecular formula is C28H31NO6. The summed E-state index contributed by atoms with van der Waals surface area (Å²) in [4.78, 5) is 26.4. The molecule has 0 bridgehead atoms. The summed E-state index contributed by atoms with van der Waals surface area (Å²) in [7, 11) is 2.78. The molecule has 35 heavy (non-hydrogen) atoms. The van der Waals surface area contributed by atoms with E-state index in [1.165, 1.54) is 19.1 Å². The summed E-state index contributed by atoms with van der Waals surface area (Å²) >= 11 is 0. The number of nitrogens with zero attached hydrogens (tertiary/aromatic N) is 1. The van der Waals surface area contributed by atoms with Crippen LogP contribution >= 0.6 is 0 Å². The molecule has 1 N–H and O–H groups in total. The van der Waals surface area contributed by atoms with Crippen molar-refractivity contribution in [3.8, 4) is 5.75 Å². The highest BCUT2D eigenvalue weighted by Gasteiger charge is 2.29. The summed E-state index contributed by atoms with van der Waals surface area (Å²) in [5.41, 5.74) is 3.19. The molecule has 0 aliphatic carbocycles. The van der Waals surface area contributed by atoms with Gasteiger partial charge in [0.15, 0.2) is 0 Å². The van der Waals surface area contributed by atoms with Crippen molar-refractivity contribution >= 4 is 12.1 Å². The molecule has 3 aromatic rings. The van der Waals surface area contributed by atoms with Gasteiger partial charge in [-0.2, -0.15) is 0 Å². The van der Waals surface area contributed by atoms with Crippen LogP contribution in [0, 0.1) is 0 Å². The summed E-state index contributed by atoms with van der Waals surface area (Å²) in [5, 5.41) is 10.3. The summed E-state index contributed by atoms with van der Waals surface area (Å²) in [6.07, 6.45) is -1.24. The molecule has 184 valence electrons. The smallest absolute Gasteiger partial charge is 0.410 e. The van der Waals surface area contributed by atoms with Crippen LogP contribution in [-0.2, 0) is 33.9 Å². The van der Waals surface area contributed by atoms with E-state index in [4.69, 9.17) is 14.2 Å². The number of hydrogen-bond donors (Lipinski definition) is 1. The Morgan fingerprint density at radius 2 is 1.49 bits per heavy atom. The lowest BCUT2D eigenvalue weighted by molar-refractivity contribution is -0.146. The molecule has 0 spiro atoms. The van der Waals surface area contributed by atoms with Crippen molar-refractivity contribution in [2.45, 2.75) is 38.7 Å². The second kappa shape index (κ2) is 12.6. The van der Waals surface area contributed by atoms with Crippen molar-refractivity contribution in [2.75, 3.05) is 14.2 Å². The average Bonchev–Trinajstić information content (AvgIpc) is 2.89. The first-order valence-electron chi connectivity index (χ1n) is 11.4. The van der Waals surface area contributed by atoms with E-state index in [-0.39, 0.29) is 13.0 Å². The number of benzene rings is 3. The van der Waals surface area contributed by atoms with Crippen LogP contribution in [0.3, 0.4) is 0 Å². The molecule has 3 aromatic carbocycles. The van der Waals surface area contributed by atoms with Crippen LogP contribution in [0.15, 0.2) is 78.9 Å². The second-order valence-corrected chi connectivity index (χ2v) is 8.22. The number of carbonyl (C=O) groups is 2. The number of esters is 1. The fourth-order valence-electron chi connectivity index (χ4n) is 3.60. The van der Waals surface area contributed by atoms with Crippen molar-refractivity contribution in [1.82, 2.24) is 4.90 Å². The van der Waals surface area contributed by atoms with E-state index >= 15 is 0 Å². The lowest BCUT2D eigenvalue weighted by atomic mass is 10.00. The number of likely N-dealkylation sites (N-methyl/N-ethyl adjacent to an activating group) is 1. The van der Waals surface area contributed by atoms with E-state index in [0.29, 0.717) is 17.9 Å². The Kier molecular flexibility index (Phi) is 9.26. The highest BCUT2D eigenvalue weighted by molar-refractivity contribution is 5.81. The quantitative estimate of drug-likeness (QED) is 0.427. The van der Waals surface area contributed by atoms with Gasteiger partial charge in [-0.05, 0) is 35.7 Å². The van der Waals surface area contributed by atoms with Crippen molar-refractivity contribution in [2.24, 2.45) is 0 Å². The van der Waals surface area contributed by atoms with Gasteiger partial charge in [0, 0.05) is 19.0 Å². The number of aliphatic hydroxyl groups excluding tert-OH is 1. The van der Waals surface area contributed by atoms with Gasteiger partial charge in [0.05, 0.1) is 13.2 Å². The summed E-state index contributed by atoms with van der Waals surface area (Å²) in [6, 6.07) is 23.5. The molecule has 1 unspecified atom stereocenters. The lowest BCUT2D eigenvalue weighted by Gasteiger charge is -2.26. The van der Waals surface area contributed by atoms with E-state index in [1.807, 2.05) is 66.7 Å². The van der Waals surface area contributed by atoms with E-state index < -0.39 is 24.2 Å². The van der Waals surface area contributed by atoms with Gasteiger partial charge in [-0.3, -0.25) is 4.90 Å². The van der Waals surface area contributed by atoms with E-state index in [1.54, 1.807) is 19.1 Å². The number of ether oxygens (including phenoxy) is 3. The first kappa shape index (κ1) is 25.8. The first-order chi connectivity index (χ1) is 16.9. The predicted molar refractivity (Wildman–Crippen MR) is 132 cm³/mol. The minimum atomic E-state index is -0.902. The largest absolute Gasteiger partial charge is 0.489 e. The number of carbonyl (C=O) groups excluding carboxylic acids is 2. The van der Waals surface area contributed by atoms with Crippen molar-refractivity contribution in [3.63, 3.8) is 0 Å². The standard InChI is InChI=1S/C28H31NO6/c1-20(30)24-16-23(14-15-26(24)34-18-21-10-6-4-7-11-21)17-25(27(31)33-3)29(2)28(32)35-19-22-12-8-5-9-13-22/h4-16,20,25,30H,17-19H2,1-3H3/t20?,25-/m0/s1. The molecule has 7 heteroatoms. The van der Waals surface area contributed by atoms with Crippen molar-refractivity contribution < 1.29 is 28.9 Å². The zero-order chi connectivity index (χ0) is 25.2. The van der Waals surface area contributed by atoms with Crippen molar-refractivity contribution in [1.29, 1.82) is 0 Å². The molecule has 7 nitrogen and oxygen atoms in total. The summed E-state index contributed by atoms with van der Waals surface area (Å²) < 4.78 is 16.3. The summed E-state index contributed by atoms with van der Waals surface area (Å²) in [5.74, 6) is -0.00925. The zero-order valence-electron chi connectivity index (χ0n) is 20.2. The topological polar surface area (TPSA) is 85.3 Å². The fourth-order valence-corrected chi connectivity index (χ4v) is 3.60.